The molecule has 0 aromatic carbocycles. The number of aliphatic hydroxyl groups excluding tert-OH is 1. The third kappa shape index (κ3) is 2.71. The van der Waals surface area contributed by atoms with Crippen molar-refractivity contribution in [1.82, 2.24) is 29.7 Å². The Morgan fingerprint density at radius 2 is 2.08 bits per heavy atom. The van der Waals surface area contributed by atoms with Crippen molar-refractivity contribution in [3.8, 4) is 0 Å². The topological polar surface area (TPSA) is 82.3 Å². The minimum absolute atomic E-state index is 0.114. The molecule has 2 N–H and O–H groups in total. The maximum Gasteiger partial charge on any atom is 0.141 e. The lowest BCUT2D eigenvalue weighted by Crippen LogP contribution is -2.30. The number of nitrogens with zero attached hydrogens (tertiary/aromatic N) is 5. The first kappa shape index (κ1) is 15.3. The van der Waals surface area contributed by atoms with Crippen molar-refractivity contribution in [3.05, 3.63) is 24.3 Å². The molecule has 0 bridgehead atoms. The number of hydrogen-bond donors (Lipinski definition) is 2. The van der Waals surface area contributed by atoms with Crippen LogP contribution in [0.25, 0.3) is 16.6 Å². The lowest BCUT2D eigenvalue weighted by atomic mass is 9.80. The highest BCUT2D eigenvalue weighted by Gasteiger charge is 2.29. The van der Waals surface area contributed by atoms with Crippen molar-refractivity contribution in [2.24, 2.45) is 5.92 Å². The highest BCUT2D eigenvalue weighted by Crippen LogP contribution is 2.38. The monoisotopic (exact) mass is 340 g/mol. The number of fused-ring (bicyclic) bond motifs is 3. The highest BCUT2D eigenvalue weighted by molar-refractivity contribution is 5.92. The molecule has 3 aromatic rings. The predicted octanol–water partition coefficient (Wildman–Crippen LogP) is 1.95. The van der Waals surface area contributed by atoms with Crippen molar-refractivity contribution >= 4 is 16.6 Å². The molecule has 4 heterocycles. The maximum atomic E-state index is 9.70. The Morgan fingerprint density at radius 1 is 1.20 bits per heavy atom. The summed E-state index contributed by atoms with van der Waals surface area (Å²) in [6.45, 7) is 3.04. The average Bonchev–Trinajstić information content (AvgIpc) is 3.34. The fraction of sp³-hybridized carbons (Fsp3) is 0.611. The Balaban J connectivity index is 1.32. The number of likely N-dealkylation sites (tertiary alicyclic amines) is 1. The number of nitrogens with one attached hydrogen (secondary N) is 1. The Morgan fingerprint density at radius 3 is 2.88 bits per heavy atom. The molecule has 5 rings (SSSR count). The summed E-state index contributed by atoms with van der Waals surface area (Å²) in [5, 5.41) is 19.6. The molecule has 0 spiro atoms. The fourth-order valence-corrected chi connectivity index (χ4v) is 4.66. The lowest BCUT2D eigenvalue weighted by Gasteiger charge is -2.30. The SMILES string of the molecule is O[C@@H]1CCN(CC2CCC(c3nnn4cnc5[nH]ccc5c34)CC2)C1. The molecule has 0 unspecified atom stereocenters. The van der Waals surface area contributed by atoms with Gasteiger partial charge in [-0.1, -0.05) is 5.21 Å². The molecule has 2 fully saturated rings. The standard InChI is InChI=1S/C18H24N6O/c25-14-6-8-23(10-14)9-12-1-3-13(4-2-12)16-17-15-5-7-19-18(15)20-11-24(17)22-21-16/h5,7,11-14,19,25H,1-4,6,8-10H2/t12?,13?,14-/m1/s1. The number of aromatic nitrogens is 5. The van der Waals surface area contributed by atoms with Crippen LogP contribution in [0.3, 0.4) is 0 Å². The van der Waals surface area contributed by atoms with Gasteiger partial charge in [0, 0.05) is 37.1 Å². The smallest absolute Gasteiger partial charge is 0.141 e. The Bertz CT molecular complexity index is 878. The van der Waals surface area contributed by atoms with Crippen LogP contribution >= 0.6 is 0 Å². The zero-order chi connectivity index (χ0) is 16.8. The Kier molecular flexibility index (Phi) is 3.71. The summed E-state index contributed by atoms with van der Waals surface area (Å²) in [7, 11) is 0. The van der Waals surface area contributed by atoms with Crippen LogP contribution in [0, 0.1) is 5.92 Å². The molecule has 1 atom stereocenters. The van der Waals surface area contributed by atoms with Gasteiger partial charge in [-0.05, 0) is 44.1 Å². The summed E-state index contributed by atoms with van der Waals surface area (Å²) in [6.07, 6.45) is 9.30. The summed E-state index contributed by atoms with van der Waals surface area (Å²) in [5.74, 6) is 1.23. The van der Waals surface area contributed by atoms with E-state index in [2.05, 4.69) is 31.2 Å². The first-order chi connectivity index (χ1) is 12.3. The molecule has 1 aliphatic carbocycles. The van der Waals surface area contributed by atoms with Crippen molar-refractivity contribution in [3.63, 3.8) is 0 Å². The molecule has 25 heavy (non-hydrogen) atoms. The summed E-state index contributed by atoms with van der Waals surface area (Å²) in [5.41, 5.74) is 3.14. The zero-order valence-corrected chi connectivity index (χ0v) is 14.3. The van der Waals surface area contributed by atoms with Crippen LogP contribution in [0.1, 0.15) is 43.7 Å². The van der Waals surface area contributed by atoms with Crippen LogP contribution in [0.5, 0.6) is 0 Å². The molecule has 0 amide bonds. The van der Waals surface area contributed by atoms with Gasteiger partial charge in [-0.2, -0.15) is 0 Å². The first-order valence-electron chi connectivity index (χ1n) is 9.35. The van der Waals surface area contributed by atoms with Crippen LogP contribution in [-0.2, 0) is 0 Å². The predicted molar refractivity (Wildman–Crippen MR) is 94.4 cm³/mol. The minimum atomic E-state index is -0.114. The van der Waals surface area contributed by atoms with Gasteiger partial charge in [-0.25, -0.2) is 9.50 Å². The molecular formula is C18H24N6O. The van der Waals surface area contributed by atoms with E-state index in [1.54, 1.807) is 6.33 Å². The molecule has 7 heteroatoms. The largest absolute Gasteiger partial charge is 0.392 e. The summed E-state index contributed by atoms with van der Waals surface area (Å²) >= 11 is 0. The van der Waals surface area contributed by atoms with Gasteiger partial charge in [0.2, 0.25) is 0 Å². The minimum Gasteiger partial charge on any atom is -0.392 e. The van der Waals surface area contributed by atoms with Gasteiger partial charge in [0.15, 0.2) is 0 Å². The fourth-order valence-electron chi connectivity index (χ4n) is 4.66. The number of H-pyrrole nitrogens is 1. The van der Waals surface area contributed by atoms with Crippen molar-refractivity contribution in [1.29, 1.82) is 0 Å². The van der Waals surface area contributed by atoms with E-state index in [9.17, 15) is 5.11 Å². The quantitative estimate of drug-likeness (QED) is 0.761. The average molecular weight is 340 g/mol. The van der Waals surface area contributed by atoms with Gasteiger partial charge < -0.3 is 15.0 Å². The van der Waals surface area contributed by atoms with E-state index in [0.717, 1.165) is 54.2 Å². The second kappa shape index (κ2) is 6.07. The number of aromatic amines is 1. The Hall–Kier alpha value is -1.99. The number of hydrogen-bond acceptors (Lipinski definition) is 5. The molecule has 1 aliphatic heterocycles. The van der Waals surface area contributed by atoms with Crippen LogP contribution < -0.4 is 0 Å². The molecule has 132 valence electrons. The van der Waals surface area contributed by atoms with Crippen LogP contribution in [-0.4, -0.2) is 60.5 Å². The van der Waals surface area contributed by atoms with Crippen molar-refractivity contribution < 1.29 is 5.11 Å². The van der Waals surface area contributed by atoms with Crippen molar-refractivity contribution in [2.75, 3.05) is 19.6 Å². The third-order valence-electron chi connectivity index (χ3n) is 5.99. The van der Waals surface area contributed by atoms with Gasteiger partial charge in [0.05, 0.1) is 11.8 Å². The summed E-state index contributed by atoms with van der Waals surface area (Å²) < 4.78 is 1.81. The molecular weight excluding hydrogens is 316 g/mol. The van der Waals surface area contributed by atoms with Gasteiger partial charge in [-0.3, -0.25) is 0 Å². The van der Waals surface area contributed by atoms with Gasteiger partial charge in [-0.15, -0.1) is 5.10 Å². The number of aliphatic hydroxyl groups is 1. The number of rotatable bonds is 3. The van der Waals surface area contributed by atoms with Crippen molar-refractivity contribution in [2.45, 2.75) is 44.1 Å². The molecule has 1 saturated heterocycles. The van der Waals surface area contributed by atoms with E-state index in [1.165, 1.54) is 25.7 Å². The summed E-state index contributed by atoms with van der Waals surface area (Å²) in [6, 6.07) is 2.06. The van der Waals surface area contributed by atoms with Gasteiger partial charge >= 0.3 is 0 Å². The van der Waals surface area contributed by atoms with E-state index in [4.69, 9.17) is 0 Å². The normalized spacial score (nSPS) is 28.3. The van der Waals surface area contributed by atoms with Crippen LogP contribution in [0.15, 0.2) is 18.6 Å². The molecule has 2 aliphatic rings. The zero-order valence-electron chi connectivity index (χ0n) is 14.3. The summed E-state index contributed by atoms with van der Waals surface area (Å²) in [4.78, 5) is 9.99. The van der Waals surface area contributed by atoms with Gasteiger partial charge in [0.1, 0.15) is 17.5 Å². The van der Waals surface area contributed by atoms with E-state index >= 15 is 0 Å². The second-order valence-electron chi connectivity index (χ2n) is 7.67. The molecule has 0 radical (unpaired) electrons. The molecule has 7 nitrogen and oxygen atoms in total. The maximum absolute atomic E-state index is 9.70. The third-order valence-corrected chi connectivity index (χ3v) is 5.99. The van der Waals surface area contributed by atoms with E-state index in [0.29, 0.717) is 5.92 Å². The van der Waals surface area contributed by atoms with E-state index < -0.39 is 0 Å². The highest BCUT2D eigenvalue weighted by atomic mass is 16.3. The second-order valence-corrected chi connectivity index (χ2v) is 7.67. The van der Waals surface area contributed by atoms with E-state index in [-0.39, 0.29) is 6.10 Å². The number of β-amino-alcohol motifs (C(OH)–C–C–N with tert-alkyl or cyclic N) is 1. The molecule has 1 saturated carbocycles. The Labute approximate surface area is 146 Å². The van der Waals surface area contributed by atoms with E-state index in [1.807, 2.05) is 10.7 Å². The van der Waals surface area contributed by atoms with Gasteiger partial charge in [0.25, 0.3) is 0 Å². The van der Waals surface area contributed by atoms with Crippen LogP contribution in [0.4, 0.5) is 0 Å². The molecule has 3 aromatic heterocycles. The van der Waals surface area contributed by atoms with Crippen LogP contribution in [0.2, 0.25) is 0 Å². The first-order valence-corrected chi connectivity index (χ1v) is 9.35. The lowest BCUT2D eigenvalue weighted by molar-refractivity contribution is 0.162.